The molecule has 3 heterocycles. The van der Waals surface area contributed by atoms with Gasteiger partial charge in [-0.25, -0.2) is 24.1 Å². The highest BCUT2D eigenvalue weighted by Gasteiger charge is 2.37. The molecule has 0 saturated carbocycles. The first kappa shape index (κ1) is 33.8. The number of ether oxygens (including phenoxy) is 2. The molecule has 4 aromatic rings. The predicted octanol–water partition coefficient (Wildman–Crippen LogP) is 7.92. The number of aryl methyl sites for hydroxylation is 1. The van der Waals surface area contributed by atoms with E-state index in [1.807, 2.05) is 52.0 Å². The third-order valence-electron chi connectivity index (χ3n) is 8.33. The number of hydrogen-bond acceptors (Lipinski definition) is 8. The quantitative estimate of drug-likeness (QED) is 0.169. The lowest BCUT2D eigenvalue weighted by molar-refractivity contribution is -0.160. The summed E-state index contributed by atoms with van der Waals surface area (Å²) in [5, 5.41) is 14.0. The van der Waals surface area contributed by atoms with E-state index in [1.54, 1.807) is 24.5 Å². The van der Waals surface area contributed by atoms with Crippen LogP contribution in [0, 0.1) is 18.2 Å². The fourth-order valence-corrected chi connectivity index (χ4v) is 5.79. The number of pyridine rings is 1. The van der Waals surface area contributed by atoms with Gasteiger partial charge in [-0.05, 0) is 81.3 Å². The summed E-state index contributed by atoms with van der Waals surface area (Å²) in [7, 11) is 0. The summed E-state index contributed by atoms with van der Waals surface area (Å²) in [4.78, 5) is 28.5. The molecule has 5 rings (SSSR count). The van der Waals surface area contributed by atoms with Crippen LogP contribution < -0.4 is 15.0 Å². The summed E-state index contributed by atoms with van der Waals surface area (Å²) in [6.45, 7) is 13.9. The van der Waals surface area contributed by atoms with Crippen LogP contribution in [-0.4, -0.2) is 51.3 Å². The molecule has 0 spiro atoms. The van der Waals surface area contributed by atoms with Crippen molar-refractivity contribution in [2.45, 2.75) is 72.5 Å². The highest BCUT2D eigenvalue weighted by molar-refractivity contribution is 5.93. The number of carboxylic acids is 1. The number of piperidine rings is 1. The maximum Gasteiger partial charge on any atom is 0.337 e. The Kier molecular flexibility index (Phi) is 10.1. The summed E-state index contributed by atoms with van der Waals surface area (Å²) < 4.78 is 25.6. The number of aromatic nitrogens is 3. The summed E-state index contributed by atoms with van der Waals surface area (Å²) in [6.07, 6.45) is 6.10. The molecule has 2 aromatic heterocycles. The Balaban J connectivity index is 1.61. The Bertz CT molecular complexity index is 1660. The molecular formula is C37H44FN5O4. The number of aliphatic carboxylic acids is 1. The molecule has 248 valence electrons. The van der Waals surface area contributed by atoms with E-state index in [9.17, 15) is 14.3 Å². The third-order valence-corrected chi connectivity index (χ3v) is 8.33. The monoisotopic (exact) mass is 641 g/mol. The van der Waals surface area contributed by atoms with Crippen LogP contribution in [0.2, 0.25) is 0 Å². The zero-order valence-electron chi connectivity index (χ0n) is 28.0. The van der Waals surface area contributed by atoms with Crippen LogP contribution in [0.25, 0.3) is 11.1 Å². The lowest BCUT2D eigenvalue weighted by Crippen LogP contribution is -2.39. The molecule has 10 heteroatoms. The molecule has 1 fully saturated rings. The van der Waals surface area contributed by atoms with Gasteiger partial charge in [-0.3, -0.25) is 0 Å². The van der Waals surface area contributed by atoms with E-state index in [2.05, 4.69) is 34.0 Å². The average Bonchev–Trinajstić information content (AvgIpc) is 3.01. The molecule has 0 bridgehead atoms. The largest absolute Gasteiger partial charge is 0.493 e. The second-order valence-corrected chi connectivity index (χ2v) is 13.8. The van der Waals surface area contributed by atoms with Crippen molar-refractivity contribution >= 4 is 23.2 Å². The van der Waals surface area contributed by atoms with Crippen LogP contribution in [-0.2, 0) is 16.0 Å². The van der Waals surface area contributed by atoms with Crippen molar-refractivity contribution in [2.75, 3.05) is 29.9 Å². The molecule has 1 atom stereocenters. The number of halogens is 1. The Hall–Kier alpha value is -4.57. The minimum Gasteiger partial charge on any atom is -0.493 e. The number of rotatable bonds is 11. The molecule has 2 aromatic carbocycles. The van der Waals surface area contributed by atoms with Gasteiger partial charge < -0.3 is 24.8 Å². The Morgan fingerprint density at radius 3 is 2.28 bits per heavy atom. The lowest BCUT2D eigenvalue weighted by atomic mass is 9.82. The predicted molar refractivity (Wildman–Crippen MR) is 182 cm³/mol. The van der Waals surface area contributed by atoms with Gasteiger partial charge in [0.15, 0.2) is 6.10 Å². The number of nitrogens with zero attached hydrogens (tertiary/aromatic N) is 4. The van der Waals surface area contributed by atoms with Gasteiger partial charge in [0.05, 0.1) is 36.0 Å². The molecule has 2 N–H and O–H groups in total. The van der Waals surface area contributed by atoms with E-state index in [-0.39, 0.29) is 11.2 Å². The van der Waals surface area contributed by atoms with Crippen molar-refractivity contribution in [1.29, 1.82) is 0 Å². The first-order valence-corrected chi connectivity index (χ1v) is 16.0. The maximum absolute atomic E-state index is 13.3. The van der Waals surface area contributed by atoms with E-state index in [1.165, 1.54) is 18.5 Å². The first-order valence-electron chi connectivity index (χ1n) is 16.0. The van der Waals surface area contributed by atoms with Gasteiger partial charge in [0.25, 0.3) is 0 Å². The zero-order valence-corrected chi connectivity index (χ0v) is 28.0. The molecule has 0 radical (unpaired) electrons. The Morgan fingerprint density at radius 1 is 1.04 bits per heavy atom. The number of carboxylic acid groups (broad SMARTS) is 1. The second-order valence-electron chi connectivity index (χ2n) is 13.8. The van der Waals surface area contributed by atoms with E-state index in [0.717, 1.165) is 48.3 Å². The molecule has 1 aliphatic rings. The van der Waals surface area contributed by atoms with Gasteiger partial charge in [0.1, 0.15) is 23.7 Å². The molecule has 0 amide bonds. The van der Waals surface area contributed by atoms with Crippen molar-refractivity contribution < 1.29 is 23.8 Å². The summed E-state index contributed by atoms with van der Waals surface area (Å²) in [5.41, 5.74) is 4.57. The molecular weight excluding hydrogens is 597 g/mol. The number of anilines is 3. The minimum atomic E-state index is -1.24. The zero-order chi connectivity index (χ0) is 33.8. The van der Waals surface area contributed by atoms with Gasteiger partial charge >= 0.3 is 5.97 Å². The Morgan fingerprint density at radius 2 is 1.68 bits per heavy atom. The van der Waals surface area contributed by atoms with E-state index >= 15 is 0 Å². The summed E-state index contributed by atoms with van der Waals surface area (Å²) in [5.74, 6) is -0.0926. The van der Waals surface area contributed by atoms with Gasteiger partial charge in [0, 0.05) is 36.3 Å². The topological polar surface area (TPSA) is 110 Å². The Labute approximate surface area is 276 Å². The summed E-state index contributed by atoms with van der Waals surface area (Å²) >= 11 is 0. The molecule has 1 saturated heterocycles. The molecule has 9 nitrogen and oxygen atoms in total. The smallest absolute Gasteiger partial charge is 0.337 e. The highest BCUT2D eigenvalue weighted by atomic mass is 19.1. The minimum absolute atomic E-state index is 0.169. The molecule has 0 aliphatic carbocycles. The van der Waals surface area contributed by atoms with Crippen molar-refractivity contribution in [3.8, 4) is 16.9 Å². The van der Waals surface area contributed by atoms with Crippen LogP contribution in [0.4, 0.5) is 21.6 Å². The number of carbonyl (C=O) groups is 1. The van der Waals surface area contributed by atoms with Gasteiger partial charge in [-0.2, -0.15) is 0 Å². The fraction of sp³-hybridized carbons (Fsp3) is 0.405. The van der Waals surface area contributed by atoms with Crippen LogP contribution in [0.1, 0.15) is 70.4 Å². The fourth-order valence-electron chi connectivity index (χ4n) is 5.79. The standard InChI is InChI=1S/C37H44FN5O4/c1-24-30(33(35(44)45)47-36(2,3)4)32(43-18-16-37(5,6)17-19-43)31(34(41-24)42-28-21-39-23-40-22-28)26-9-13-29(14-10-26)46-20-15-25-7-11-27(38)12-8-25/h7-14,21-23,33H,15-20H2,1-6H3,(H,41,42)(H,44,45)/t33-/m0/s1. The number of nitrogens with one attached hydrogen (secondary N) is 1. The first-order chi connectivity index (χ1) is 22.3. The van der Waals surface area contributed by atoms with Gasteiger partial charge in [-0.15, -0.1) is 0 Å². The molecule has 1 aliphatic heterocycles. The third kappa shape index (κ3) is 8.62. The van der Waals surface area contributed by atoms with Crippen LogP contribution >= 0.6 is 0 Å². The van der Waals surface area contributed by atoms with Crippen molar-refractivity contribution in [2.24, 2.45) is 5.41 Å². The molecule has 47 heavy (non-hydrogen) atoms. The van der Waals surface area contributed by atoms with Crippen LogP contribution in [0.5, 0.6) is 5.75 Å². The SMILES string of the molecule is Cc1nc(Nc2cncnc2)c(-c2ccc(OCCc3ccc(F)cc3)cc2)c(N2CCC(C)(C)CC2)c1[C@H](OC(C)(C)C)C(=O)O. The van der Waals surface area contributed by atoms with Crippen molar-refractivity contribution in [3.63, 3.8) is 0 Å². The van der Waals surface area contributed by atoms with Gasteiger partial charge in [0.2, 0.25) is 0 Å². The normalized spacial score (nSPS) is 15.3. The van der Waals surface area contributed by atoms with Crippen LogP contribution in [0.15, 0.2) is 67.3 Å². The van der Waals surface area contributed by atoms with Crippen LogP contribution in [0.3, 0.4) is 0 Å². The second kappa shape index (κ2) is 14.0. The number of benzene rings is 2. The molecule has 0 unspecified atom stereocenters. The van der Waals surface area contributed by atoms with Gasteiger partial charge in [-0.1, -0.05) is 38.1 Å². The number of hydrogen-bond donors (Lipinski definition) is 2. The maximum atomic E-state index is 13.3. The van der Waals surface area contributed by atoms with E-state index in [4.69, 9.17) is 14.5 Å². The lowest BCUT2D eigenvalue weighted by Gasteiger charge is -2.41. The highest BCUT2D eigenvalue weighted by Crippen LogP contribution is 2.47. The summed E-state index contributed by atoms with van der Waals surface area (Å²) in [6, 6.07) is 14.1. The van der Waals surface area contributed by atoms with E-state index < -0.39 is 17.7 Å². The average molecular weight is 642 g/mol. The van der Waals surface area contributed by atoms with E-state index in [0.29, 0.717) is 41.5 Å². The van der Waals surface area contributed by atoms with Crippen molar-refractivity contribution in [3.05, 3.63) is 89.9 Å². The van der Waals surface area contributed by atoms with Crippen molar-refractivity contribution in [1.82, 2.24) is 15.0 Å².